The third-order valence-corrected chi connectivity index (χ3v) is 4.72. The minimum absolute atomic E-state index is 0.384. The third kappa shape index (κ3) is 2.37. The van der Waals surface area contributed by atoms with Crippen molar-refractivity contribution in [3.05, 3.63) is 47.1 Å². The summed E-state index contributed by atoms with van der Waals surface area (Å²) in [7, 11) is 3.08. The first-order valence-electron chi connectivity index (χ1n) is 7.31. The minimum atomic E-state index is 0.384. The molecule has 0 N–H and O–H groups in total. The van der Waals surface area contributed by atoms with E-state index >= 15 is 0 Å². The van der Waals surface area contributed by atoms with Crippen LogP contribution in [0.25, 0.3) is 27.8 Å². The molecule has 25 heavy (non-hydrogen) atoms. The van der Waals surface area contributed by atoms with Crippen LogP contribution in [-0.2, 0) is 0 Å². The fourth-order valence-electron chi connectivity index (χ4n) is 2.84. The van der Waals surface area contributed by atoms with E-state index in [1.54, 1.807) is 18.5 Å². The Morgan fingerprint density at radius 3 is 2.36 bits per heavy atom. The molecule has 8 heteroatoms. The maximum Gasteiger partial charge on any atom is 0.149 e. The van der Waals surface area contributed by atoms with Crippen molar-refractivity contribution in [1.82, 2.24) is 19.4 Å². The van der Waals surface area contributed by atoms with Crippen molar-refractivity contribution < 1.29 is 9.47 Å². The number of hydrogen-bond donors (Lipinski definition) is 0. The van der Waals surface area contributed by atoms with Gasteiger partial charge in [0, 0.05) is 41.2 Å². The van der Waals surface area contributed by atoms with E-state index in [1.165, 1.54) is 20.5 Å². The molecular formula is C17H12Cl2N4O2. The van der Waals surface area contributed by atoms with Gasteiger partial charge in [-0.2, -0.15) is 0 Å². The first kappa shape index (κ1) is 15.9. The summed E-state index contributed by atoms with van der Waals surface area (Å²) in [6, 6.07) is 3.56. The van der Waals surface area contributed by atoms with Gasteiger partial charge in [0.1, 0.15) is 29.1 Å². The van der Waals surface area contributed by atoms with Crippen LogP contribution in [0.4, 0.5) is 0 Å². The first-order chi connectivity index (χ1) is 12.2. The monoisotopic (exact) mass is 374 g/mol. The Kier molecular flexibility index (Phi) is 3.86. The van der Waals surface area contributed by atoms with Gasteiger partial charge in [-0.05, 0) is 6.07 Å². The minimum Gasteiger partial charge on any atom is -0.495 e. The number of hydrogen-bond acceptors (Lipinski definition) is 5. The summed E-state index contributed by atoms with van der Waals surface area (Å²) >= 11 is 13.1. The van der Waals surface area contributed by atoms with E-state index in [0.29, 0.717) is 32.8 Å². The molecule has 6 nitrogen and oxygen atoms in total. The van der Waals surface area contributed by atoms with Crippen LogP contribution in [0.2, 0.25) is 10.0 Å². The van der Waals surface area contributed by atoms with Crippen molar-refractivity contribution in [1.29, 1.82) is 0 Å². The summed E-state index contributed by atoms with van der Waals surface area (Å²) in [5.74, 6) is 0.930. The predicted molar refractivity (Wildman–Crippen MR) is 96.8 cm³/mol. The van der Waals surface area contributed by atoms with Gasteiger partial charge in [-0.1, -0.05) is 23.2 Å². The van der Waals surface area contributed by atoms with E-state index in [1.807, 2.05) is 16.7 Å². The highest BCUT2D eigenvalue weighted by Crippen LogP contribution is 2.47. The third-order valence-electron chi connectivity index (χ3n) is 3.97. The molecule has 0 saturated heterocycles. The zero-order valence-corrected chi connectivity index (χ0v) is 14.8. The van der Waals surface area contributed by atoms with Crippen LogP contribution in [0.15, 0.2) is 37.1 Å². The van der Waals surface area contributed by atoms with Gasteiger partial charge in [-0.15, -0.1) is 0 Å². The Morgan fingerprint density at radius 2 is 1.68 bits per heavy atom. The molecule has 3 heterocycles. The Hall–Kier alpha value is -2.57. The molecule has 0 atom stereocenters. The molecule has 0 aliphatic heterocycles. The van der Waals surface area contributed by atoms with Crippen LogP contribution >= 0.6 is 23.2 Å². The van der Waals surface area contributed by atoms with Crippen molar-refractivity contribution in [3.63, 3.8) is 0 Å². The summed E-state index contributed by atoms with van der Waals surface area (Å²) in [6.07, 6.45) is 6.74. The van der Waals surface area contributed by atoms with Crippen LogP contribution in [0.1, 0.15) is 0 Å². The fourth-order valence-corrected chi connectivity index (χ4v) is 3.54. The molecule has 0 aliphatic rings. The Morgan fingerprint density at radius 1 is 0.960 bits per heavy atom. The van der Waals surface area contributed by atoms with E-state index in [-0.39, 0.29) is 0 Å². The lowest BCUT2D eigenvalue weighted by Gasteiger charge is -2.16. The van der Waals surface area contributed by atoms with Gasteiger partial charge in [0.25, 0.3) is 0 Å². The number of pyridine rings is 1. The van der Waals surface area contributed by atoms with Gasteiger partial charge in [0.05, 0.1) is 24.3 Å². The number of fused-ring (bicyclic) bond motifs is 3. The number of halogens is 2. The first-order valence-corrected chi connectivity index (χ1v) is 8.07. The smallest absolute Gasteiger partial charge is 0.149 e. The van der Waals surface area contributed by atoms with Crippen molar-refractivity contribution in [2.75, 3.05) is 14.2 Å². The number of aromatic nitrogens is 4. The van der Waals surface area contributed by atoms with Crippen LogP contribution in [0, 0.1) is 0 Å². The summed E-state index contributed by atoms with van der Waals surface area (Å²) < 4.78 is 12.6. The molecule has 0 unspecified atom stereocenters. The fraction of sp³-hybridized carbons (Fsp3) is 0.118. The van der Waals surface area contributed by atoms with Gasteiger partial charge in [-0.3, -0.25) is 4.40 Å². The largest absolute Gasteiger partial charge is 0.495 e. The Labute approximate surface area is 153 Å². The van der Waals surface area contributed by atoms with Crippen molar-refractivity contribution in [2.24, 2.45) is 0 Å². The van der Waals surface area contributed by atoms with Gasteiger partial charge >= 0.3 is 0 Å². The number of ether oxygens (including phenoxy) is 2. The highest BCUT2D eigenvalue weighted by Gasteiger charge is 2.22. The second kappa shape index (κ2) is 6.06. The number of benzene rings is 1. The topological polar surface area (TPSA) is 61.5 Å². The Bertz CT molecular complexity index is 1080. The van der Waals surface area contributed by atoms with Crippen molar-refractivity contribution in [3.8, 4) is 22.6 Å². The van der Waals surface area contributed by atoms with E-state index in [9.17, 15) is 0 Å². The molecule has 0 fully saturated rings. The lowest BCUT2D eigenvalue weighted by atomic mass is 10.0. The molecule has 0 spiro atoms. The molecule has 0 amide bonds. The van der Waals surface area contributed by atoms with E-state index < -0.39 is 0 Å². The SMILES string of the molecule is COc1cc(OC)c(Cl)c(-c2cc3cncnc3n3ccnc23)c1Cl. The molecule has 4 rings (SSSR count). The zero-order valence-electron chi connectivity index (χ0n) is 13.3. The number of methoxy groups -OCH3 is 2. The van der Waals surface area contributed by atoms with E-state index in [4.69, 9.17) is 32.7 Å². The van der Waals surface area contributed by atoms with Crippen LogP contribution in [0.5, 0.6) is 11.5 Å². The number of rotatable bonds is 3. The molecule has 0 radical (unpaired) electrons. The lowest BCUT2D eigenvalue weighted by molar-refractivity contribution is 0.395. The van der Waals surface area contributed by atoms with Gasteiger partial charge in [0.15, 0.2) is 0 Å². The molecule has 0 bridgehead atoms. The average molecular weight is 375 g/mol. The van der Waals surface area contributed by atoms with Crippen LogP contribution in [-0.4, -0.2) is 33.6 Å². The van der Waals surface area contributed by atoms with Crippen molar-refractivity contribution in [2.45, 2.75) is 0 Å². The molecule has 3 aromatic heterocycles. The molecule has 4 aromatic rings. The molecule has 126 valence electrons. The second-order valence-electron chi connectivity index (χ2n) is 5.26. The standard InChI is InChI=1S/C17H12Cl2N4O2/c1-24-11-6-12(25-2)15(19)13(14(11)18)10-5-9-7-20-8-22-16(9)23-4-3-21-17(10)23/h3-8H,1-2H3. The molecule has 0 saturated carbocycles. The van der Waals surface area contributed by atoms with Crippen LogP contribution < -0.4 is 9.47 Å². The predicted octanol–water partition coefficient (Wildman–Crippen LogP) is 4.27. The molecule has 1 aromatic carbocycles. The summed E-state index contributed by atoms with van der Waals surface area (Å²) in [5, 5.41) is 1.60. The summed E-state index contributed by atoms with van der Waals surface area (Å²) in [6.45, 7) is 0. The van der Waals surface area contributed by atoms with Crippen molar-refractivity contribution >= 4 is 39.9 Å². The highest BCUT2D eigenvalue weighted by molar-refractivity contribution is 6.41. The number of imidazole rings is 1. The molecular weight excluding hydrogens is 363 g/mol. The van der Waals surface area contributed by atoms with Crippen LogP contribution in [0.3, 0.4) is 0 Å². The summed E-state index contributed by atoms with van der Waals surface area (Å²) in [4.78, 5) is 12.9. The number of nitrogens with zero attached hydrogens (tertiary/aromatic N) is 4. The quantitative estimate of drug-likeness (QED) is 0.535. The maximum atomic E-state index is 6.56. The maximum absolute atomic E-state index is 6.56. The lowest BCUT2D eigenvalue weighted by Crippen LogP contribution is -1.97. The summed E-state index contributed by atoms with van der Waals surface area (Å²) in [5.41, 5.74) is 2.74. The Balaban J connectivity index is 2.16. The van der Waals surface area contributed by atoms with Gasteiger partial charge in [0.2, 0.25) is 0 Å². The van der Waals surface area contributed by atoms with E-state index in [2.05, 4.69) is 15.0 Å². The normalized spacial score (nSPS) is 11.2. The van der Waals surface area contributed by atoms with E-state index in [0.717, 1.165) is 16.6 Å². The molecule has 0 aliphatic carbocycles. The van der Waals surface area contributed by atoms with Gasteiger partial charge in [-0.25, -0.2) is 15.0 Å². The second-order valence-corrected chi connectivity index (χ2v) is 6.02. The highest BCUT2D eigenvalue weighted by atomic mass is 35.5. The zero-order chi connectivity index (χ0) is 17.6. The van der Waals surface area contributed by atoms with Gasteiger partial charge < -0.3 is 9.47 Å². The average Bonchev–Trinajstić information content (AvgIpc) is 3.12.